The third-order valence-electron chi connectivity index (χ3n) is 6.29. The van der Waals surface area contributed by atoms with Gasteiger partial charge in [0.2, 0.25) is 0 Å². The molecular weight excluding hydrogens is 456 g/mol. The number of hydrogen-bond acceptors (Lipinski definition) is 5. The highest BCUT2D eigenvalue weighted by atomic mass is 16.6. The molecule has 8 heteroatoms. The van der Waals surface area contributed by atoms with Crippen molar-refractivity contribution in [1.29, 1.82) is 0 Å². The Morgan fingerprint density at radius 3 is 2.31 bits per heavy atom. The number of nitrogens with one attached hydrogen (secondary N) is 1. The van der Waals surface area contributed by atoms with E-state index in [0.29, 0.717) is 31.5 Å². The van der Waals surface area contributed by atoms with Gasteiger partial charge in [-0.2, -0.15) is 5.10 Å². The number of para-hydroxylation sites is 1. The first-order valence-electron chi connectivity index (χ1n) is 12.2. The van der Waals surface area contributed by atoms with Gasteiger partial charge in [0.15, 0.2) is 0 Å². The molecular formula is C28H34N4O4. The number of aryl methyl sites for hydroxylation is 1. The number of benzene rings is 2. The highest BCUT2D eigenvalue weighted by Crippen LogP contribution is 2.33. The number of carbonyl (C=O) groups is 2. The van der Waals surface area contributed by atoms with E-state index in [4.69, 9.17) is 9.47 Å². The van der Waals surface area contributed by atoms with Gasteiger partial charge < -0.3 is 19.7 Å². The van der Waals surface area contributed by atoms with Gasteiger partial charge in [-0.3, -0.25) is 4.79 Å². The summed E-state index contributed by atoms with van der Waals surface area (Å²) >= 11 is 0. The maximum atomic E-state index is 13.4. The highest BCUT2D eigenvalue weighted by Gasteiger charge is 2.32. The van der Waals surface area contributed by atoms with Crippen LogP contribution < -0.4 is 10.1 Å². The third kappa shape index (κ3) is 5.70. The monoisotopic (exact) mass is 490 g/mol. The molecule has 1 aromatic heterocycles. The van der Waals surface area contributed by atoms with Crippen LogP contribution in [-0.2, 0) is 4.74 Å². The molecule has 0 aliphatic carbocycles. The zero-order valence-corrected chi connectivity index (χ0v) is 21.6. The zero-order chi connectivity index (χ0) is 25.9. The van der Waals surface area contributed by atoms with Gasteiger partial charge in [0.05, 0.1) is 30.3 Å². The third-order valence-corrected chi connectivity index (χ3v) is 6.29. The molecule has 2 amide bonds. The van der Waals surface area contributed by atoms with E-state index >= 15 is 0 Å². The average molecular weight is 491 g/mol. The molecule has 1 saturated heterocycles. The fourth-order valence-corrected chi connectivity index (χ4v) is 4.42. The summed E-state index contributed by atoms with van der Waals surface area (Å²) < 4.78 is 12.7. The average Bonchev–Trinajstić information content (AvgIpc) is 3.30. The van der Waals surface area contributed by atoms with Gasteiger partial charge >= 0.3 is 6.09 Å². The predicted octanol–water partition coefficient (Wildman–Crippen LogP) is 5.56. The van der Waals surface area contributed by atoms with Gasteiger partial charge in [0.1, 0.15) is 11.4 Å². The van der Waals surface area contributed by atoms with Crippen LogP contribution in [0.25, 0.3) is 5.69 Å². The van der Waals surface area contributed by atoms with Gasteiger partial charge in [-0.05, 0) is 76.4 Å². The van der Waals surface area contributed by atoms with Crippen LogP contribution in [-0.4, -0.2) is 52.5 Å². The quantitative estimate of drug-likeness (QED) is 0.506. The lowest BCUT2D eigenvalue weighted by molar-refractivity contribution is 0.0203. The van der Waals surface area contributed by atoms with Crippen molar-refractivity contribution in [1.82, 2.24) is 14.7 Å². The topological polar surface area (TPSA) is 85.7 Å². The minimum Gasteiger partial charge on any atom is -0.497 e. The summed E-state index contributed by atoms with van der Waals surface area (Å²) in [6.45, 7) is 8.65. The Morgan fingerprint density at radius 2 is 1.69 bits per heavy atom. The van der Waals surface area contributed by atoms with Gasteiger partial charge in [0.25, 0.3) is 5.91 Å². The number of ether oxygens (including phenoxy) is 2. The fourth-order valence-electron chi connectivity index (χ4n) is 4.42. The standard InChI is InChI=1S/C28H34N4O4/c1-19-8-6-7-9-24(19)30-26(33)23-18-29-32(21-10-12-22(35-5)13-11-21)25(23)20-14-16-31(17-15-20)27(34)36-28(2,3)4/h6-13,18,20H,14-17H2,1-5H3,(H,30,33). The van der Waals surface area contributed by atoms with E-state index in [1.54, 1.807) is 18.2 Å². The van der Waals surface area contributed by atoms with Gasteiger partial charge in [-0.25, -0.2) is 9.48 Å². The number of rotatable bonds is 5. The molecule has 0 bridgehead atoms. The number of likely N-dealkylation sites (tertiary alicyclic amines) is 1. The van der Waals surface area contributed by atoms with E-state index in [9.17, 15) is 9.59 Å². The number of nitrogens with zero attached hydrogens (tertiary/aromatic N) is 3. The summed E-state index contributed by atoms with van der Waals surface area (Å²) in [5, 5.41) is 7.66. The first-order valence-corrected chi connectivity index (χ1v) is 12.2. The molecule has 0 radical (unpaired) electrons. The van der Waals surface area contributed by atoms with Crippen molar-refractivity contribution < 1.29 is 19.1 Å². The van der Waals surface area contributed by atoms with Crippen molar-refractivity contribution in [3.8, 4) is 11.4 Å². The molecule has 2 heterocycles. The first kappa shape index (κ1) is 25.3. The van der Waals surface area contributed by atoms with Crippen molar-refractivity contribution in [3.63, 3.8) is 0 Å². The Balaban J connectivity index is 1.62. The SMILES string of the molecule is COc1ccc(-n2ncc(C(=O)Nc3ccccc3C)c2C2CCN(C(=O)OC(C)(C)C)CC2)cc1. The van der Waals surface area contributed by atoms with Crippen molar-refractivity contribution in [2.75, 3.05) is 25.5 Å². The van der Waals surface area contributed by atoms with Crippen molar-refractivity contribution in [3.05, 3.63) is 71.5 Å². The molecule has 4 rings (SSSR count). The second kappa shape index (κ2) is 10.4. The summed E-state index contributed by atoms with van der Waals surface area (Å²) in [7, 11) is 1.63. The molecule has 0 atom stereocenters. The molecule has 1 aliphatic rings. The lowest BCUT2D eigenvalue weighted by atomic mass is 9.90. The molecule has 8 nitrogen and oxygen atoms in total. The minimum absolute atomic E-state index is 0.0471. The van der Waals surface area contributed by atoms with E-state index in [1.165, 1.54) is 0 Å². The van der Waals surface area contributed by atoms with Crippen LogP contribution in [0.5, 0.6) is 5.75 Å². The van der Waals surface area contributed by atoms with Crippen molar-refractivity contribution >= 4 is 17.7 Å². The molecule has 3 aromatic rings. The lowest BCUT2D eigenvalue weighted by Gasteiger charge is -2.34. The van der Waals surface area contributed by atoms with Crippen molar-refractivity contribution in [2.24, 2.45) is 0 Å². The van der Waals surface area contributed by atoms with Crippen LogP contribution in [0.4, 0.5) is 10.5 Å². The zero-order valence-electron chi connectivity index (χ0n) is 21.6. The Morgan fingerprint density at radius 1 is 1.03 bits per heavy atom. The number of hydrogen-bond donors (Lipinski definition) is 1. The number of amides is 2. The summed E-state index contributed by atoms with van der Waals surface area (Å²) in [6, 6.07) is 15.3. The minimum atomic E-state index is -0.540. The second-order valence-corrected chi connectivity index (χ2v) is 10.1. The Kier molecular flexibility index (Phi) is 7.33. The van der Waals surface area contributed by atoms with Crippen LogP contribution in [0, 0.1) is 6.92 Å². The maximum Gasteiger partial charge on any atom is 0.410 e. The van der Waals surface area contributed by atoms with Crippen molar-refractivity contribution in [2.45, 2.75) is 52.1 Å². The molecule has 0 saturated carbocycles. The predicted molar refractivity (Wildman–Crippen MR) is 139 cm³/mol. The van der Waals surface area contributed by atoms with Gasteiger partial charge in [-0.1, -0.05) is 18.2 Å². The molecule has 0 spiro atoms. The largest absolute Gasteiger partial charge is 0.497 e. The Labute approximate surface area is 212 Å². The summed E-state index contributed by atoms with van der Waals surface area (Å²) in [5.41, 5.74) is 3.43. The van der Waals surface area contributed by atoms with E-state index in [-0.39, 0.29) is 17.9 Å². The first-order chi connectivity index (χ1) is 17.2. The number of anilines is 1. The van der Waals surface area contributed by atoms with E-state index in [1.807, 2.05) is 80.9 Å². The number of carbonyl (C=O) groups excluding carboxylic acids is 2. The van der Waals surface area contributed by atoms with Gasteiger partial charge in [-0.15, -0.1) is 0 Å². The molecule has 2 aromatic carbocycles. The van der Waals surface area contributed by atoms with Gasteiger partial charge in [0, 0.05) is 24.7 Å². The fraction of sp³-hybridized carbons (Fsp3) is 0.393. The molecule has 1 aliphatic heterocycles. The summed E-state index contributed by atoms with van der Waals surface area (Å²) in [6.07, 6.45) is 2.73. The van der Waals surface area contributed by atoms with Crippen LogP contribution >= 0.6 is 0 Å². The summed E-state index contributed by atoms with van der Waals surface area (Å²) in [5.74, 6) is 0.593. The molecule has 0 unspecified atom stereocenters. The Hall–Kier alpha value is -3.81. The smallest absolute Gasteiger partial charge is 0.410 e. The van der Waals surface area contributed by atoms with Crippen LogP contribution in [0.2, 0.25) is 0 Å². The molecule has 1 N–H and O–H groups in total. The maximum absolute atomic E-state index is 13.4. The number of aromatic nitrogens is 2. The van der Waals surface area contributed by atoms with E-state index in [0.717, 1.165) is 28.4 Å². The number of methoxy groups -OCH3 is 1. The number of piperidine rings is 1. The molecule has 190 valence electrons. The highest BCUT2D eigenvalue weighted by molar-refractivity contribution is 6.05. The van der Waals surface area contributed by atoms with Crippen LogP contribution in [0.1, 0.15) is 61.1 Å². The van der Waals surface area contributed by atoms with E-state index in [2.05, 4.69) is 10.4 Å². The second-order valence-electron chi connectivity index (χ2n) is 10.1. The normalized spacial score (nSPS) is 14.4. The lowest BCUT2D eigenvalue weighted by Crippen LogP contribution is -2.41. The van der Waals surface area contributed by atoms with Crippen LogP contribution in [0.15, 0.2) is 54.7 Å². The molecule has 1 fully saturated rings. The van der Waals surface area contributed by atoms with E-state index < -0.39 is 5.60 Å². The Bertz CT molecular complexity index is 1220. The summed E-state index contributed by atoms with van der Waals surface area (Å²) in [4.78, 5) is 27.8. The molecule has 36 heavy (non-hydrogen) atoms. The van der Waals surface area contributed by atoms with Crippen LogP contribution in [0.3, 0.4) is 0 Å².